The van der Waals surface area contributed by atoms with Crippen molar-refractivity contribution in [2.24, 2.45) is 0 Å². The Hall–Kier alpha value is -0.574. The molecule has 2 heteroatoms. The minimum Gasteiger partial charge on any atom is -0.358 e. The molecule has 4 aromatic rings. The Labute approximate surface area is 220 Å². The molecule has 0 aliphatic carbocycles. The zero-order valence-electron chi connectivity index (χ0n) is 19.5. The van der Waals surface area contributed by atoms with Crippen LogP contribution in [0.4, 0.5) is 0 Å². The van der Waals surface area contributed by atoms with Crippen LogP contribution in [-0.2, 0) is 52.4 Å². The van der Waals surface area contributed by atoms with Crippen LogP contribution >= 0.6 is 0 Å². The summed E-state index contributed by atoms with van der Waals surface area (Å²) in [5.41, 5.74) is 2.70. The van der Waals surface area contributed by atoms with Crippen LogP contribution in [0.25, 0.3) is 21.5 Å². The van der Waals surface area contributed by atoms with E-state index in [4.69, 9.17) is 0 Å². The van der Waals surface area contributed by atoms with Gasteiger partial charge in [0.1, 0.15) is 0 Å². The van der Waals surface area contributed by atoms with Crippen molar-refractivity contribution < 1.29 is 52.4 Å². The van der Waals surface area contributed by atoms with E-state index in [0.29, 0.717) is 0 Å². The fraction of sp³-hybridized carbons (Fsp3) is 0.148. The number of rotatable bonds is 0. The third kappa shape index (κ3) is 12.7. The van der Waals surface area contributed by atoms with Crippen molar-refractivity contribution in [2.75, 3.05) is 0 Å². The van der Waals surface area contributed by atoms with E-state index >= 15 is 0 Å². The standard InChI is InChI=1S/2C10H9.C3H7.4CH3.2Zr/c2*1-8-6-9-4-2-3-5-10(9)7-8;1-3-2;;;;;;/h2*2-7H,1H3;3H,1-2H3;4*1H3;;/q7*-1;+3;+4. The molecular weight excluding hydrogens is 507 g/mol. The van der Waals surface area contributed by atoms with Crippen molar-refractivity contribution in [3.05, 3.63) is 120 Å². The maximum Gasteiger partial charge on any atom is 4.00 e. The molecule has 1 radical (unpaired) electrons. The second-order valence-corrected chi connectivity index (χ2v) is 5.90. The Balaban J connectivity index is -0.0000000988. The van der Waals surface area contributed by atoms with Gasteiger partial charge in [0.25, 0.3) is 0 Å². The third-order valence-electron chi connectivity index (χ3n) is 3.52. The Bertz CT molecular complexity index is 715. The molecule has 4 rings (SSSR count). The first-order valence-electron chi connectivity index (χ1n) is 8.12. The van der Waals surface area contributed by atoms with Crippen LogP contribution in [0.15, 0.2) is 72.8 Å². The molecule has 0 aliphatic rings. The Kier molecular flexibility index (Phi) is 27.8. The normalized spacial score (nSPS) is 7.86. The van der Waals surface area contributed by atoms with Crippen LogP contribution in [0, 0.1) is 50.0 Å². The van der Waals surface area contributed by atoms with Crippen molar-refractivity contribution in [3.8, 4) is 0 Å². The van der Waals surface area contributed by atoms with Gasteiger partial charge in [-0.25, -0.2) is 0 Å². The second kappa shape index (κ2) is 20.7. The van der Waals surface area contributed by atoms with Gasteiger partial charge in [0.15, 0.2) is 0 Å². The fourth-order valence-corrected chi connectivity index (χ4v) is 2.61. The topological polar surface area (TPSA) is 0 Å². The van der Waals surface area contributed by atoms with Crippen molar-refractivity contribution in [2.45, 2.75) is 27.7 Å². The van der Waals surface area contributed by atoms with Crippen LogP contribution in [0.3, 0.4) is 0 Å². The quantitative estimate of drug-likeness (QED) is 0.194. The van der Waals surface area contributed by atoms with E-state index in [0.717, 1.165) is 0 Å². The molecule has 0 saturated carbocycles. The van der Waals surface area contributed by atoms with E-state index in [1.807, 2.05) is 20.3 Å². The average Bonchev–Trinajstić information content (AvgIpc) is 3.08. The zero-order chi connectivity index (χ0) is 16.7. The second-order valence-electron chi connectivity index (χ2n) is 5.90. The van der Waals surface area contributed by atoms with Crippen LogP contribution in [0.1, 0.15) is 25.0 Å². The maximum atomic E-state index is 2.20. The third-order valence-corrected chi connectivity index (χ3v) is 3.52. The first-order valence-corrected chi connectivity index (χ1v) is 8.12. The summed E-state index contributed by atoms with van der Waals surface area (Å²) >= 11 is 0. The molecule has 4 aromatic carbocycles. The molecule has 0 nitrogen and oxygen atoms in total. The van der Waals surface area contributed by atoms with E-state index in [-0.39, 0.29) is 82.1 Å². The van der Waals surface area contributed by atoms with E-state index < -0.39 is 0 Å². The fourth-order valence-electron chi connectivity index (χ4n) is 2.61. The predicted molar refractivity (Wildman–Crippen MR) is 130 cm³/mol. The van der Waals surface area contributed by atoms with Gasteiger partial charge in [0, 0.05) is 0 Å². The van der Waals surface area contributed by atoms with Crippen LogP contribution in [-0.4, -0.2) is 0 Å². The molecule has 29 heavy (non-hydrogen) atoms. The summed E-state index contributed by atoms with van der Waals surface area (Å²) < 4.78 is 0. The Morgan fingerprint density at radius 3 is 1.17 bits per heavy atom. The van der Waals surface area contributed by atoms with Crippen molar-refractivity contribution >= 4 is 21.5 Å². The molecule has 0 bridgehead atoms. The van der Waals surface area contributed by atoms with E-state index in [1.165, 1.54) is 32.7 Å². The van der Waals surface area contributed by atoms with Crippen molar-refractivity contribution in [1.82, 2.24) is 0 Å². The van der Waals surface area contributed by atoms with Gasteiger partial charge in [-0.3, -0.25) is 0 Å². The predicted octanol–water partition coefficient (Wildman–Crippen LogP) is 8.76. The van der Waals surface area contributed by atoms with E-state index in [1.54, 1.807) is 0 Å². The smallest absolute Gasteiger partial charge is 0.358 e. The van der Waals surface area contributed by atoms with Gasteiger partial charge in [-0.15, -0.1) is 81.2 Å². The molecule has 0 aromatic heterocycles. The Morgan fingerprint density at radius 2 is 0.897 bits per heavy atom. The number of fused-ring (bicyclic) bond motifs is 2. The van der Waals surface area contributed by atoms with Gasteiger partial charge in [-0.2, -0.15) is 26.0 Å². The summed E-state index contributed by atoms with van der Waals surface area (Å²) in [7, 11) is 0. The largest absolute Gasteiger partial charge is 4.00 e. The molecule has 0 unspecified atom stereocenters. The van der Waals surface area contributed by atoms with Gasteiger partial charge in [0.2, 0.25) is 0 Å². The van der Waals surface area contributed by atoms with Gasteiger partial charge in [-0.05, 0) is 0 Å². The first kappa shape index (κ1) is 39.0. The van der Waals surface area contributed by atoms with Gasteiger partial charge >= 0.3 is 52.4 Å². The summed E-state index contributed by atoms with van der Waals surface area (Å²) in [6.07, 6.45) is 2.00. The summed E-state index contributed by atoms with van der Waals surface area (Å²) in [5, 5.41) is 5.39. The van der Waals surface area contributed by atoms with Crippen LogP contribution in [0.2, 0.25) is 0 Å². The van der Waals surface area contributed by atoms with Crippen molar-refractivity contribution in [3.63, 3.8) is 0 Å². The summed E-state index contributed by atoms with van der Waals surface area (Å²) in [5.74, 6) is 0. The number of benzene rings is 2. The first-order chi connectivity index (χ1) is 11.1. The van der Waals surface area contributed by atoms with Gasteiger partial charge < -0.3 is 36.1 Å². The van der Waals surface area contributed by atoms with Gasteiger partial charge in [-0.1, -0.05) is 26.0 Å². The molecule has 0 heterocycles. The Morgan fingerprint density at radius 1 is 0.621 bits per heavy atom. The SMILES string of the molecule is C[CH-]C.Cc1cc2ccccc2[cH-]1.Cc1cc2ccccc2[cH-]1.[CH3-].[CH3-].[CH3-].[CH3-].[Zr+3].[Zr+4]. The number of hydrogen-bond acceptors (Lipinski definition) is 0. The molecule has 0 aliphatic heterocycles. The van der Waals surface area contributed by atoms with Crippen molar-refractivity contribution in [1.29, 1.82) is 0 Å². The van der Waals surface area contributed by atoms with Crippen LogP contribution < -0.4 is 0 Å². The molecule has 0 fully saturated rings. The van der Waals surface area contributed by atoms with E-state index in [9.17, 15) is 0 Å². The molecule has 153 valence electrons. The molecule has 0 spiro atoms. The number of hydrogen-bond donors (Lipinski definition) is 0. The summed E-state index contributed by atoms with van der Waals surface area (Å²) in [6, 6.07) is 25.7. The zero-order valence-corrected chi connectivity index (χ0v) is 24.4. The molecule has 0 N–H and O–H groups in total. The summed E-state index contributed by atoms with van der Waals surface area (Å²) in [6.45, 7) is 8.25. The minimum atomic E-state index is 0. The molecular formula is C27H37Zr2. The molecule has 0 amide bonds. The number of aryl methyl sites for hydroxylation is 2. The summed E-state index contributed by atoms with van der Waals surface area (Å²) in [4.78, 5) is 0. The van der Waals surface area contributed by atoms with Crippen LogP contribution in [0.5, 0.6) is 0 Å². The molecule has 0 atom stereocenters. The van der Waals surface area contributed by atoms with Gasteiger partial charge in [0.05, 0.1) is 0 Å². The minimum absolute atomic E-state index is 0. The monoisotopic (exact) mass is 541 g/mol. The maximum absolute atomic E-state index is 2.20. The average molecular weight is 544 g/mol. The molecule has 0 saturated heterocycles. The van der Waals surface area contributed by atoms with E-state index in [2.05, 4.69) is 86.6 Å².